The van der Waals surface area contributed by atoms with Crippen LogP contribution < -0.4 is 5.73 Å². The van der Waals surface area contributed by atoms with E-state index in [1.807, 2.05) is 18.3 Å². The van der Waals surface area contributed by atoms with Crippen molar-refractivity contribution in [2.24, 2.45) is 0 Å². The summed E-state index contributed by atoms with van der Waals surface area (Å²) in [5.74, 6) is 0. The SMILES string of the molecule is Cc1ccc(-c2nn(-c3ccncc3)cc2N)c(C)c1. The number of aromatic nitrogens is 3. The van der Waals surface area contributed by atoms with Crippen LogP contribution in [-0.4, -0.2) is 14.8 Å². The molecule has 2 aromatic heterocycles. The van der Waals surface area contributed by atoms with Crippen LogP contribution in [0.1, 0.15) is 11.1 Å². The zero-order valence-corrected chi connectivity index (χ0v) is 11.5. The van der Waals surface area contributed by atoms with Gasteiger partial charge in [0.1, 0.15) is 5.69 Å². The predicted octanol–water partition coefficient (Wildman–Crippen LogP) is 3.13. The molecule has 2 heterocycles. The van der Waals surface area contributed by atoms with Crippen LogP contribution >= 0.6 is 0 Å². The van der Waals surface area contributed by atoms with Gasteiger partial charge in [0.15, 0.2) is 0 Å². The van der Waals surface area contributed by atoms with Crippen LogP contribution in [0.25, 0.3) is 16.9 Å². The number of hydrogen-bond donors (Lipinski definition) is 1. The molecule has 2 N–H and O–H groups in total. The third-order valence-electron chi connectivity index (χ3n) is 3.31. The molecule has 100 valence electrons. The second kappa shape index (κ2) is 4.81. The van der Waals surface area contributed by atoms with Crippen molar-refractivity contribution in [3.63, 3.8) is 0 Å². The van der Waals surface area contributed by atoms with Crippen LogP contribution in [0, 0.1) is 13.8 Å². The number of nitrogens with two attached hydrogens (primary N) is 1. The normalized spacial score (nSPS) is 10.7. The molecule has 0 atom stereocenters. The minimum Gasteiger partial charge on any atom is -0.396 e. The summed E-state index contributed by atoms with van der Waals surface area (Å²) in [5.41, 5.74) is 12.0. The minimum atomic E-state index is 0.675. The number of benzene rings is 1. The van der Waals surface area contributed by atoms with Gasteiger partial charge in [0.25, 0.3) is 0 Å². The summed E-state index contributed by atoms with van der Waals surface area (Å²) < 4.78 is 1.78. The van der Waals surface area contributed by atoms with Crippen molar-refractivity contribution in [1.29, 1.82) is 0 Å². The van der Waals surface area contributed by atoms with E-state index in [1.54, 1.807) is 17.1 Å². The zero-order chi connectivity index (χ0) is 14.1. The second-order valence-corrected chi connectivity index (χ2v) is 4.90. The van der Waals surface area contributed by atoms with E-state index in [4.69, 9.17) is 5.73 Å². The van der Waals surface area contributed by atoms with E-state index in [1.165, 1.54) is 11.1 Å². The molecule has 20 heavy (non-hydrogen) atoms. The molecule has 0 bridgehead atoms. The van der Waals surface area contributed by atoms with Crippen LogP contribution in [0.2, 0.25) is 0 Å². The number of pyridine rings is 1. The molecule has 0 fully saturated rings. The molecule has 0 saturated carbocycles. The highest BCUT2D eigenvalue weighted by atomic mass is 15.3. The maximum Gasteiger partial charge on any atom is 0.116 e. The van der Waals surface area contributed by atoms with Gasteiger partial charge in [-0.1, -0.05) is 23.8 Å². The van der Waals surface area contributed by atoms with Crippen molar-refractivity contribution in [1.82, 2.24) is 14.8 Å². The summed E-state index contributed by atoms with van der Waals surface area (Å²) in [4.78, 5) is 4.01. The van der Waals surface area contributed by atoms with Gasteiger partial charge in [-0.2, -0.15) is 5.10 Å². The van der Waals surface area contributed by atoms with Crippen LogP contribution in [0.15, 0.2) is 48.9 Å². The first kappa shape index (κ1) is 12.4. The lowest BCUT2D eigenvalue weighted by molar-refractivity contribution is 0.881. The first-order valence-electron chi connectivity index (χ1n) is 6.48. The molecule has 0 radical (unpaired) electrons. The molecule has 0 unspecified atom stereocenters. The van der Waals surface area contributed by atoms with Crippen LogP contribution in [0.4, 0.5) is 5.69 Å². The monoisotopic (exact) mass is 264 g/mol. The highest BCUT2D eigenvalue weighted by molar-refractivity contribution is 5.75. The Morgan fingerprint density at radius 1 is 1.05 bits per heavy atom. The predicted molar refractivity (Wildman–Crippen MR) is 80.7 cm³/mol. The topological polar surface area (TPSA) is 56.7 Å². The van der Waals surface area contributed by atoms with Crippen LogP contribution in [-0.2, 0) is 0 Å². The highest BCUT2D eigenvalue weighted by Gasteiger charge is 2.11. The van der Waals surface area contributed by atoms with Crippen molar-refractivity contribution < 1.29 is 0 Å². The summed E-state index contributed by atoms with van der Waals surface area (Å²) in [5, 5.41) is 4.60. The van der Waals surface area contributed by atoms with E-state index in [-0.39, 0.29) is 0 Å². The first-order valence-corrected chi connectivity index (χ1v) is 6.48. The third kappa shape index (κ3) is 2.16. The number of nitrogen functional groups attached to an aromatic ring is 1. The Morgan fingerprint density at radius 3 is 2.50 bits per heavy atom. The summed E-state index contributed by atoms with van der Waals surface area (Å²) in [6.07, 6.45) is 5.32. The molecule has 0 aliphatic rings. The number of rotatable bonds is 2. The van der Waals surface area contributed by atoms with Gasteiger partial charge >= 0.3 is 0 Å². The molecule has 4 heteroatoms. The van der Waals surface area contributed by atoms with Crippen molar-refractivity contribution in [3.8, 4) is 16.9 Å². The number of hydrogen-bond acceptors (Lipinski definition) is 3. The Morgan fingerprint density at radius 2 is 1.80 bits per heavy atom. The Balaban J connectivity index is 2.10. The molecule has 1 aromatic carbocycles. The van der Waals surface area contributed by atoms with Crippen LogP contribution in [0.5, 0.6) is 0 Å². The number of aryl methyl sites for hydroxylation is 2. The van der Waals surface area contributed by atoms with Crippen molar-refractivity contribution >= 4 is 5.69 Å². The lowest BCUT2D eigenvalue weighted by atomic mass is 10.0. The Hall–Kier alpha value is -2.62. The van der Waals surface area contributed by atoms with Crippen molar-refractivity contribution in [2.45, 2.75) is 13.8 Å². The fraction of sp³-hybridized carbons (Fsp3) is 0.125. The van der Waals surface area contributed by atoms with Gasteiger partial charge in [0.2, 0.25) is 0 Å². The maximum atomic E-state index is 6.12. The van der Waals surface area contributed by atoms with E-state index in [2.05, 4.69) is 42.1 Å². The largest absolute Gasteiger partial charge is 0.396 e. The van der Waals surface area contributed by atoms with Gasteiger partial charge in [-0.25, -0.2) is 4.68 Å². The van der Waals surface area contributed by atoms with E-state index >= 15 is 0 Å². The Kier molecular flexibility index (Phi) is 2.99. The minimum absolute atomic E-state index is 0.675. The molecular weight excluding hydrogens is 248 g/mol. The van der Waals surface area contributed by atoms with Gasteiger partial charge in [-0.05, 0) is 31.5 Å². The molecule has 3 rings (SSSR count). The average Bonchev–Trinajstić information content (AvgIpc) is 2.82. The molecule has 0 amide bonds. The fourth-order valence-corrected chi connectivity index (χ4v) is 2.30. The van der Waals surface area contributed by atoms with E-state index in [0.717, 1.165) is 16.9 Å². The first-order chi connectivity index (χ1) is 9.65. The van der Waals surface area contributed by atoms with E-state index < -0.39 is 0 Å². The molecule has 3 aromatic rings. The molecule has 0 spiro atoms. The van der Waals surface area contributed by atoms with E-state index in [0.29, 0.717) is 5.69 Å². The summed E-state index contributed by atoms with van der Waals surface area (Å²) in [7, 11) is 0. The maximum absolute atomic E-state index is 6.12. The average molecular weight is 264 g/mol. The molecular formula is C16H16N4. The second-order valence-electron chi connectivity index (χ2n) is 4.90. The van der Waals surface area contributed by atoms with E-state index in [9.17, 15) is 0 Å². The summed E-state index contributed by atoms with van der Waals surface area (Å²) >= 11 is 0. The fourth-order valence-electron chi connectivity index (χ4n) is 2.30. The van der Waals surface area contributed by atoms with Gasteiger partial charge in [-0.3, -0.25) is 4.98 Å². The summed E-state index contributed by atoms with van der Waals surface area (Å²) in [6, 6.07) is 10.1. The number of nitrogens with zero attached hydrogens (tertiary/aromatic N) is 3. The van der Waals surface area contributed by atoms with Gasteiger partial charge in [0, 0.05) is 18.0 Å². The quantitative estimate of drug-likeness (QED) is 0.773. The lowest BCUT2D eigenvalue weighted by Crippen LogP contribution is -1.95. The summed E-state index contributed by atoms with van der Waals surface area (Å²) in [6.45, 7) is 4.16. The standard InChI is InChI=1S/C16H16N4/c1-11-3-4-14(12(2)9-11)16-15(17)10-20(19-16)13-5-7-18-8-6-13/h3-10H,17H2,1-2H3. The van der Waals surface area contributed by atoms with Gasteiger partial charge in [-0.15, -0.1) is 0 Å². The Bertz CT molecular complexity index is 744. The number of anilines is 1. The van der Waals surface area contributed by atoms with Crippen molar-refractivity contribution in [3.05, 3.63) is 60.0 Å². The molecule has 0 saturated heterocycles. The zero-order valence-electron chi connectivity index (χ0n) is 11.5. The lowest BCUT2D eigenvalue weighted by Gasteiger charge is -2.05. The van der Waals surface area contributed by atoms with Gasteiger partial charge in [0.05, 0.1) is 17.6 Å². The van der Waals surface area contributed by atoms with Gasteiger partial charge < -0.3 is 5.73 Å². The van der Waals surface area contributed by atoms with Crippen LogP contribution in [0.3, 0.4) is 0 Å². The third-order valence-corrected chi connectivity index (χ3v) is 3.31. The highest BCUT2D eigenvalue weighted by Crippen LogP contribution is 2.28. The molecule has 0 aliphatic heterocycles. The molecule has 0 aliphatic carbocycles. The molecule has 4 nitrogen and oxygen atoms in total. The van der Waals surface area contributed by atoms with Crippen molar-refractivity contribution in [2.75, 3.05) is 5.73 Å². The Labute approximate surface area is 117 Å². The smallest absolute Gasteiger partial charge is 0.116 e.